The Morgan fingerprint density at radius 2 is 1.90 bits per heavy atom. The second kappa shape index (κ2) is 4.93. The third-order valence-corrected chi connectivity index (χ3v) is 5.05. The van der Waals surface area contributed by atoms with Crippen molar-refractivity contribution in [3.05, 3.63) is 33.8 Å². The van der Waals surface area contributed by atoms with Crippen molar-refractivity contribution >= 4 is 35.1 Å². The van der Waals surface area contributed by atoms with Gasteiger partial charge in [0.25, 0.3) is 5.91 Å². The molecule has 1 saturated heterocycles. The van der Waals surface area contributed by atoms with Crippen molar-refractivity contribution in [3.63, 3.8) is 0 Å². The lowest BCUT2D eigenvalue weighted by Gasteiger charge is -2.31. The smallest absolute Gasteiger partial charge is 0.305 e. The number of amides is 3. The number of nitrogens with zero attached hydrogens (tertiary/aromatic N) is 1. The predicted molar refractivity (Wildman–Crippen MR) is 76.7 cm³/mol. The zero-order valence-corrected chi connectivity index (χ0v) is 12.3. The van der Waals surface area contributed by atoms with Crippen LogP contribution in [0.5, 0.6) is 0 Å². The number of urea groups is 1. The van der Waals surface area contributed by atoms with Gasteiger partial charge < -0.3 is 4.90 Å². The standard InChI is InChI=1S/C14H14Cl2N2O2/c15-10-5-3-4-9(11(10)16)8-18-13(20)17-12(19)14(18)6-1-2-7-14/h3-5H,1-2,6-8H2,(H,17,19,20). The predicted octanol–water partition coefficient (Wildman–Crippen LogP) is 3.36. The Kier molecular flexibility index (Phi) is 3.38. The number of carbonyl (C=O) groups is 2. The lowest BCUT2D eigenvalue weighted by molar-refractivity contribution is -0.126. The molecule has 0 aromatic heterocycles. The molecule has 3 amide bonds. The molecule has 0 unspecified atom stereocenters. The maximum atomic E-state index is 12.1. The first-order valence-corrected chi connectivity index (χ1v) is 7.36. The van der Waals surface area contributed by atoms with Crippen LogP contribution in [0.15, 0.2) is 18.2 Å². The van der Waals surface area contributed by atoms with Crippen LogP contribution in [0.4, 0.5) is 4.79 Å². The summed E-state index contributed by atoms with van der Waals surface area (Å²) in [6.07, 6.45) is 3.34. The SMILES string of the molecule is O=C1NC(=O)C2(CCCC2)N1Cc1cccc(Cl)c1Cl. The zero-order valence-electron chi connectivity index (χ0n) is 10.8. The minimum absolute atomic E-state index is 0.182. The van der Waals surface area contributed by atoms with Crippen molar-refractivity contribution in [3.8, 4) is 0 Å². The molecule has 1 N–H and O–H groups in total. The van der Waals surface area contributed by atoms with Gasteiger partial charge in [-0.2, -0.15) is 0 Å². The summed E-state index contributed by atoms with van der Waals surface area (Å²) in [5, 5.41) is 3.32. The molecular formula is C14H14Cl2N2O2. The molecule has 2 fully saturated rings. The topological polar surface area (TPSA) is 49.4 Å². The fourth-order valence-corrected chi connectivity index (χ4v) is 3.50. The number of nitrogens with one attached hydrogen (secondary N) is 1. The molecule has 1 heterocycles. The van der Waals surface area contributed by atoms with E-state index >= 15 is 0 Å². The van der Waals surface area contributed by atoms with E-state index in [4.69, 9.17) is 23.2 Å². The summed E-state index contributed by atoms with van der Waals surface area (Å²) >= 11 is 12.2. The third-order valence-electron chi connectivity index (χ3n) is 4.20. The normalized spacial score (nSPS) is 20.8. The highest BCUT2D eigenvalue weighted by Gasteiger charge is 2.53. The Hall–Kier alpha value is -1.26. The molecule has 106 valence electrons. The molecule has 6 heteroatoms. The molecule has 4 nitrogen and oxygen atoms in total. The van der Waals surface area contributed by atoms with Crippen molar-refractivity contribution < 1.29 is 9.59 Å². The Balaban J connectivity index is 1.94. The first-order chi connectivity index (χ1) is 9.54. The molecule has 1 saturated carbocycles. The van der Waals surface area contributed by atoms with Crippen molar-refractivity contribution in [2.75, 3.05) is 0 Å². The maximum absolute atomic E-state index is 12.1. The van der Waals surface area contributed by atoms with Gasteiger partial charge in [-0.05, 0) is 24.5 Å². The lowest BCUT2D eigenvalue weighted by Crippen LogP contribution is -2.46. The summed E-state index contributed by atoms with van der Waals surface area (Å²) in [4.78, 5) is 25.8. The van der Waals surface area contributed by atoms with Crippen LogP contribution in [0.25, 0.3) is 0 Å². The van der Waals surface area contributed by atoms with E-state index in [1.54, 1.807) is 17.0 Å². The molecule has 20 heavy (non-hydrogen) atoms. The molecule has 1 aromatic rings. The van der Waals surface area contributed by atoms with Crippen LogP contribution in [0.3, 0.4) is 0 Å². The molecule has 1 aliphatic heterocycles. The van der Waals surface area contributed by atoms with Gasteiger partial charge >= 0.3 is 6.03 Å². The summed E-state index contributed by atoms with van der Waals surface area (Å²) < 4.78 is 0. The van der Waals surface area contributed by atoms with Crippen LogP contribution in [0.1, 0.15) is 31.2 Å². The molecule has 1 aromatic carbocycles. The Bertz CT molecular complexity index is 583. The van der Waals surface area contributed by atoms with E-state index in [-0.39, 0.29) is 11.9 Å². The second-order valence-corrected chi connectivity index (χ2v) is 6.08. The minimum Gasteiger partial charge on any atom is -0.305 e. The monoisotopic (exact) mass is 312 g/mol. The van der Waals surface area contributed by atoms with E-state index in [0.29, 0.717) is 29.4 Å². The second-order valence-electron chi connectivity index (χ2n) is 5.30. The fraction of sp³-hybridized carbons (Fsp3) is 0.429. The van der Waals surface area contributed by atoms with Gasteiger partial charge in [0.15, 0.2) is 0 Å². The Morgan fingerprint density at radius 1 is 1.20 bits per heavy atom. The molecule has 1 aliphatic carbocycles. The largest absolute Gasteiger partial charge is 0.325 e. The van der Waals surface area contributed by atoms with E-state index in [0.717, 1.165) is 18.4 Å². The van der Waals surface area contributed by atoms with Crippen molar-refractivity contribution in [1.29, 1.82) is 0 Å². The van der Waals surface area contributed by atoms with Gasteiger partial charge in [0.2, 0.25) is 0 Å². The first kappa shape index (κ1) is 13.7. The highest BCUT2D eigenvalue weighted by atomic mass is 35.5. The van der Waals surface area contributed by atoms with Crippen molar-refractivity contribution in [1.82, 2.24) is 10.2 Å². The van der Waals surface area contributed by atoms with Gasteiger partial charge in [-0.3, -0.25) is 10.1 Å². The number of hydrogen-bond donors (Lipinski definition) is 1. The first-order valence-electron chi connectivity index (χ1n) is 6.60. The lowest BCUT2D eigenvalue weighted by atomic mass is 9.95. The van der Waals surface area contributed by atoms with Gasteiger partial charge in [0.05, 0.1) is 16.6 Å². The van der Waals surface area contributed by atoms with Crippen LogP contribution in [0, 0.1) is 0 Å². The van der Waals surface area contributed by atoms with Crippen molar-refractivity contribution in [2.24, 2.45) is 0 Å². The average Bonchev–Trinajstić information content (AvgIpc) is 2.97. The number of hydrogen-bond acceptors (Lipinski definition) is 2. The summed E-state index contributed by atoms with van der Waals surface area (Å²) in [5.74, 6) is -0.182. The third kappa shape index (κ3) is 1.98. The highest BCUT2D eigenvalue weighted by Crippen LogP contribution is 2.40. The summed E-state index contributed by atoms with van der Waals surface area (Å²) in [6, 6.07) is 4.98. The van der Waals surface area contributed by atoms with Crippen LogP contribution < -0.4 is 5.32 Å². The minimum atomic E-state index is -0.692. The molecule has 0 radical (unpaired) electrons. The fourth-order valence-electron chi connectivity index (χ4n) is 3.12. The van der Waals surface area contributed by atoms with E-state index < -0.39 is 5.54 Å². The number of carbonyl (C=O) groups excluding carboxylic acids is 2. The number of rotatable bonds is 2. The van der Waals surface area contributed by atoms with Gasteiger partial charge in [0.1, 0.15) is 5.54 Å². The number of imide groups is 1. The Morgan fingerprint density at radius 3 is 2.60 bits per heavy atom. The summed E-state index contributed by atoms with van der Waals surface area (Å²) in [6.45, 7) is 0.303. The summed E-state index contributed by atoms with van der Waals surface area (Å²) in [5.41, 5.74) is 0.0678. The van der Waals surface area contributed by atoms with E-state index in [2.05, 4.69) is 5.32 Å². The number of benzene rings is 1. The van der Waals surface area contributed by atoms with Crippen LogP contribution in [-0.2, 0) is 11.3 Å². The molecule has 0 atom stereocenters. The van der Waals surface area contributed by atoms with E-state index in [1.165, 1.54) is 0 Å². The summed E-state index contributed by atoms with van der Waals surface area (Å²) in [7, 11) is 0. The van der Waals surface area contributed by atoms with Gasteiger partial charge in [-0.15, -0.1) is 0 Å². The molecule has 0 bridgehead atoms. The molecule has 1 spiro atoms. The molecular weight excluding hydrogens is 299 g/mol. The Labute approximate surface area is 127 Å². The van der Waals surface area contributed by atoms with E-state index in [9.17, 15) is 9.59 Å². The number of halogens is 2. The van der Waals surface area contributed by atoms with E-state index in [1.807, 2.05) is 6.07 Å². The van der Waals surface area contributed by atoms with Crippen molar-refractivity contribution in [2.45, 2.75) is 37.8 Å². The average molecular weight is 313 g/mol. The molecule has 2 aliphatic rings. The van der Waals surface area contributed by atoms with Crippen LogP contribution >= 0.6 is 23.2 Å². The van der Waals surface area contributed by atoms with Crippen LogP contribution in [-0.4, -0.2) is 22.4 Å². The van der Waals surface area contributed by atoms with Gasteiger partial charge in [0, 0.05) is 0 Å². The van der Waals surface area contributed by atoms with Gasteiger partial charge in [-0.1, -0.05) is 48.2 Å². The van der Waals surface area contributed by atoms with Crippen LogP contribution in [0.2, 0.25) is 10.0 Å². The van der Waals surface area contributed by atoms with Gasteiger partial charge in [-0.25, -0.2) is 4.79 Å². The quantitative estimate of drug-likeness (QED) is 0.851. The zero-order chi connectivity index (χ0) is 14.3. The highest BCUT2D eigenvalue weighted by molar-refractivity contribution is 6.42. The maximum Gasteiger partial charge on any atom is 0.325 e. The molecule has 3 rings (SSSR count).